The molecule has 4 nitrogen and oxygen atoms in total. The molecule has 2 rings (SSSR count). The third-order valence-corrected chi connectivity index (χ3v) is 3.13. The van der Waals surface area contributed by atoms with Gasteiger partial charge in [0.1, 0.15) is 17.5 Å². The van der Waals surface area contributed by atoms with Gasteiger partial charge in [-0.1, -0.05) is 12.1 Å². The van der Waals surface area contributed by atoms with Crippen molar-refractivity contribution in [2.24, 2.45) is 0 Å². The van der Waals surface area contributed by atoms with Gasteiger partial charge >= 0.3 is 5.97 Å². The monoisotopic (exact) mass is 337 g/mol. The van der Waals surface area contributed by atoms with E-state index in [0.29, 0.717) is 12.5 Å². The SMILES string of the molecule is O=C(COC(=O)c1ccc(F)cc1F)NCCc1ccc(F)cc1. The zero-order chi connectivity index (χ0) is 17.5. The molecule has 0 heterocycles. The van der Waals surface area contributed by atoms with Gasteiger partial charge < -0.3 is 10.1 Å². The van der Waals surface area contributed by atoms with Crippen molar-refractivity contribution >= 4 is 11.9 Å². The van der Waals surface area contributed by atoms with E-state index in [9.17, 15) is 22.8 Å². The zero-order valence-corrected chi connectivity index (χ0v) is 12.5. The van der Waals surface area contributed by atoms with Crippen LogP contribution in [0.4, 0.5) is 13.2 Å². The number of carbonyl (C=O) groups excluding carboxylic acids is 2. The Morgan fingerprint density at radius 2 is 1.62 bits per heavy atom. The minimum absolute atomic E-state index is 0.271. The summed E-state index contributed by atoms with van der Waals surface area (Å²) >= 11 is 0. The molecule has 24 heavy (non-hydrogen) atoms. The predicted molar refractivity (Wildman–Crippen MR) is 79.8 cm³/mol. The highest BCUT2D eigenvalue weighted by Gasteiger charge is 2.15. The van der Waals surface area contributed by atoms with Gasteiger partial charge in [0.05, 0.1) is 5.56 Å². The second kappa shape index (κ2) is 8.14. The first-order chi connectivity index (χ1) is 11.5. The van der Waals surface area contributed by atoms with Gasteiger partial charge in [0, 0.05) is 12.6 Å². The minimum atomic E-state index is -1.06. The average Bonchev–Trinajstić information content (AvgIpc) is 2.54. The van der Waals surface area contributed by atoms with Crippen LogP contribution in [0, 0.1) is 17.5 Å². The molecule has 0 aliphatic carbocycles. The molecule has 0 saturated heterocycles. The van der Waals surface area contributed by atoms with Crippen LogP contribution in [0.15, 0.2) is 42.5 Å². The largest absolute Gasteiger partial charge is 0.452 e. The van der Waals surface area contributed by atoms with Crippen LogP contribution in [0.2, 0.25) is 0 Å². The molecule has 0 aliphatic heterocycles. The van der Waals surface area contributed by atoms with Crippen molar-refractivity contribution in [3.05, 3.63) is 71.0 Å². The second-order valence-corrected chi connectivity index (χ2v) is 4.93. The van der Waals surface area contributed by atoms with Crippen LogP contribution in [0.3, 0.4) is 0 Å². The number of hydrogen-bond donors (Lipinski definition) is 1. The van der Waals surface area contributed by atoms with Crippen molar-refractivity contribution in [3.8, 4) is 0 Å². The lowest BCUT2D eigenvalue weighted by molar-refractivity contribution is -0.124. The maximum Gasteiger partial charge on any atom is 0.341 e. The maximum absolute atomic E-state index is 13.4. The molecular weight excluding hydrogens is 323 g/mol. The number of nitrogens with one attached hydrogen (secondary N) is 1. The van der Waals surface area contributed by atoms with Gasteiger partial charge in [-0.05, 0) is 36.2 Å². The molecule has 0 bridgehead atoms. The van der Waals surface area contributed by atoms with Crippen molar-refractivity contribution in [2.45, 2.75) is 6.42 Å². The van der Waals surface area contributed by atoms with Gasteiger partial charge in [-0.25, -0.2) is 18.0 Å². The molecule has 0 aromatic heterocycles. The first kappa shape index (κ1) is 17.5. The number of hydrogen-bond acceptors (Lipinski definition) is 3. The number of halogens is 3. The molecule has 0 aliphatic rings. The van der Waals surface area contributed by atoms with E-state index in [1.165, 1.54) is 12.1 Å². The summed E-state index contributed by atoms with van der Waals surface area (Å²) in [6.45, 7) is -0.313. The van der Waals surface area contributed by atoms with Gasteiger partial charge in [-0.15, -0.1) is 0 Å². The summed E-state index contributed by atoms with van der Waals surface area (Å²) in [5.74, 6) is -3.84. The summed E-state index contributed by atoms with van der Waals surface area (Å²) in [5.41, 5.74) is 0.387. The van der Waals surface area contributed by atoms with Gasteiger partial charge in [0.15, 0.2) is 6.61 Å². The Morgan fingerprint density at radius 3 is 2.29 bits per heavy atom. The lowest BCUT2D eigenvalue weighted by Crippen LogP contribution is -2.30. The molecule has 0 saturated carbocycles. The van der Waals surface area contributed by atoms with Crippen molar-refractivity contribution in [2.75, 3.05) is 13.2 Å². The van der Waals surface area contributed by atoms with Crippen LogP contribution in [-0.2, 0) is 16.0 Å². The van der Waals surface area contributed by atoms with E-state index >= 15 is 0 Å². The Bertz CT molecular complexity index is 732. The molecule has 0 atom stereocenters. The first-order valence-electron chi connectivity index (χ1n) is 7.09. The van der Waals surface area contributed by atoms with E-state index in [0.717, 1.165) is 17.7 Å². The highest BCUT2D eigenvalue weighted by Crippen LogP contribution is 2.10. The zero-order valence-electron chi connectivity index (χ0n) is 12.5. The van der Waals surface area contributed by atoms with E-state index in [1.807, 2.05) is 0 Å². The Morgan fingerprint density at radius 1 is 0.958 bits per heavy atom. The van der Waals surface area contributed by atoms with Crippen molar-refractivity contribution in [1.29, 1.82) is 0 Å². The molecule has 1 amide bonds. The van der Waals surface area contributed by atoms with Crippen molar-refractivity contribution in [3.63, 3.8) is 0 Å². The molecule has 0 fully saturated rings. The molecule has 2 aromatic rings. The molecule has 0 spiro atoms. The van der Waals surface area contributed by atoms with Crippen LogP contribution in [0.25, 0.3) is 0 Å². The quantitative estimate of drug-likeness (QED) is 0.825. The van der Waals surface area contributed by atoms with Gasteiger partial charge in [0.2, 0.25) is 0 Å². The van der Waals surface area contributed by atoms with Crippen molar-refractivity contribution in [1.82, 2.24) is 5.32 Å². The summed E-state index contributed by atoms with van der Waals surface area (Å²) < 4.78 is 43.5. The van der Waals surface area contributed by atoms with Gasteiger partial charge in [0.25, 0.3) is 5.91 Å². The summed E-state index contributed by atoms with van der Waals surface area (Å²) in [6, 6.07) is 8.24. The number of carbonyl (C=O) groups is 2. The minimum Gasteiger partial charge on any atom is -0.452 e. The van der Waals surface area contributed by atoms with E-state index in [-0.39, 0.29) is 12.4 Å². The van der Waals surface area contributed by atoms with Crippen LogP contribution in [-0.4, -0.2) is 25.0 Å². The first-order valence-corrected chi connectivity index (χ1v) is 7.09. The molecule has 1 N–H and O–H groups in total. The van der Waals surface area contributed by atoms with E-state index in [2.05, 4.69) is 10.1 Å². The Hall–Kier alpha value is -2.83. The fraction of sp³-hybridized carbons (Fsp3) is 0.176. The smallest absolute Gasteiger partial charge is 0.341 e. The molecule has 7 heteroatoms. The third kappa shape index (κ3) is 5.12. The predicted octanol–water partition coefficient (Wildman–Crippen LogP) is 2.62. The number of benzene rings is 2. The molecule has 126 valence electrons. The van der Waals surface area contributed by atoms with E-state index in [1.54, 1.807) is 12.1 Å². The molecule has 0 radical (unpaired) electrons. The fourth-order valence-corrected chi connectivity index (χ4v) is 1.91. The van der Waals surface area contributed by atoms with Crippen molar-refractivity contribution < 1.29 is 27.5 Å². The number of amides is 1. The van der Waals surface area contributed by atoms with Crippen LogP contribution in [0.1, 0.15) is 15.9 Å². The Labute approximate surface area is 136 Å². The normalized spacial score (nSPS) is 10.3. The summed E-state index contributed by atoms with van der Waals surface area (Å²) in [7, 11) is 0. The standard InChI is InChI=1S/C17H14F3NO3/c18-12-3-1-11(2-4-12)7-8-21-16(22)10-24-17(23)14-6-5-13(19)9-15(14)20/h1-6,9H,7-8,10H2,(H,21,22). The maximum atomic E-state index is 13.4. The summed E-state index contributed by atoms with van der Waals surface area (Å²) in [6.07, 6.45) is 0.479. The Kier molecular flexibility index (Phi) is 5.95. The third-order valence-electron chi connectivity index (χ3n) is 3.13. The lowest BCUT2D eigenvalue weighted by Gasteiger charge is -2.07. The highest BCUT2D eigenvalue weighted by molar-refractivity contribution is 5.91. The van der Waals surface area contributed by atoms with Crippen LogP contribution >= 0.6 is 0 Å². The van der Waals surface area contributed by atoms with E-state index in [4.69, 9.17) is 0 Å². The average molecular weight is 337 g/mol. The Balaban J connectivity index is 1.74. The molecule has 0 unspecified atom stereocenters. The van der Waals surface area contributed by atoms with Crippen LogP contribution < -0.4 is 5.32 Å². The molecule has 2 aromatic carbocycles. The molecular formula is C17H14F3NO3. The second-order valence-electron chi connectivity index (χ2n) is 4.93. The highest BCUT2D eigenvalue weighted by atomic mass is 19.1. The topological polar surface area (TPSA) is 55.4 Å². The van der Waals surface area contributed by atoms with Gasteiger partial charge in [-0.3, -0.25) is 4.79 Å². The fourth-order valence-electron chi connectivity index (χ4n) is 1.91. The van der Waals surface area contributed by atoms with E-state index < -0.39 is 35.7 Å². The lowest BCUT2D eigenvalue weighted by atomic mass is 10.1. The summed E-state index contributed by atoms with van der Waals surface area (Å²) in [5, 5.41) is 2.51. The number of rotatable bonds is 6. The number of ether oxygens (including phenoxy) is 1. The summed E-state index contributed by atoms with van der Waals surface area (Å²) in [4.78, 5) is 23.2. The van der Waals surface area contributed by atoms with Gasteiger partial charge in [-0.2, -0.15) is 0 Å². The van der Waals surface area contributed by atoms with Crippen LogP contribution in [0.5, 0.6) is 0 Å². The number of esters is 1.